The number of quaternary nitrogens is 1. The van der Waals surface area contributed by atoms with Crippen molar-refractivity contribution >= 4 is 7.60 Å². The molecule has 5 nitrogen and oxygen atoms in total. The van der Waals surface area contributed by atoms with Crippen LogP contribution in [0, 0.1) is 0 Å². The molecule has 1 atom stereocenters. The number of hydrogen-bond donors (Lipinski definition) is 3. The summed E-state index contributed by atoms with van der Waals surface area (Å²) < 4.78 is 12.1. The summed E-state index contributed by atoms with van der Waals surface area (Å²) in [5.41, 5.74) is 0. The van der Waals surface area contributed by atoms with Crippen molar-refractivity contribution in [2.24, 2.45) is 0 Å². The first-order chi connectivity index (χ1) is 14.0. The Balaban J connectivity index is 3.73. The number of rotatable bonds is 19. The second-order valence-electron chi connectivity index (χ2n) is 9.65. The summed E-state index contributed by atoms with van der Waals surface area (Å²) in [6.07, 6.45) is 24.0. The highest BCUT2D eigenvalue weighted by Gasteiger charge is 2.48. The minimum Gasteiger partial charge on any atom is -0.373 e. The summed E-state index contributed by atoms with van der Waals surface area (Å²) in [5, 5.41) is 8.60. The molecule has 0 amide bonds. The molecule has 0 aliphatic carbocycles. The molecule has 0 saturated heterocycles. The number of nitrogens with zero attached hydrogens (tertiary/aromatic N) is 1. The molecular weight excluding hydrogens is 397 g/mol. The molecule has 0 aromatic carbocycles. The van der Waals surface area contributed by atoms with Crippen LogP contribution in [0.2, 0.25) is 0 Å². The molecule has 1 unspecified atom stereocenters. The SMILES string of the molecule is CCCC/C=C\CCC/C=C\CCCCCCCCC(O)(C[N+](C)(C)C)P(=O)(O)O. The molecule has 0 aliphatic rings. The Morgan fingerprint density at radius 3 is 1.63 bits per heavy atom. The van der Waals surface area contributed by atoms with E-state index in [1.54, 1.807) is 0 Å². The normalized spacial score (nSPS) is 15.3. The number of aliphatic hydroxyl groups is 1. The lowest BCUT2D eigenvalue weighted by molar-refractivity contribution is -0.875. The Morgan fingerprint density at radius 2 is 1.17 bits per heavy atom. The first-order valence-corrected chi connectivity index (χ1v) is 13.5. The Morgan fingerprint density at radius 1 is 0.733 bits per heavy atom. The molecule has 0 spiro atoms. The Bertz CT molecular complexity index is 522. The van der Waals surface area contributed by atoms with E-state index in [4.69, 9.17) is 0 Å². The number of allylic oxidation sites excluding steroid dienone is 4. The van der Waals surface area contributed by atoms with Crippen LogP contribution in [0.4, 0.5) is 0 Å². The highest BCUT2D eigenvalue weighted by molar-refractivity contribution is 7.53. The average Bonchev–Trinajstić information content (AvgIpc) is 2.62. The van der Waals surface area contributed by atoms with Gasteiger partial charge < -0.3 is 19.4 Å². The number of unbranched alkanes of at least 4 members (excludes halogenated alkanes) is 10. The lowest BCUT2D eigenvalue weighted by atomic mass is 10.1. The molecule has 0 aliphatic heterocycles. The van der Waals surface area contributed by atoms with Gasteiger partial charge in [-0.2, -0.15) is 0 Å². The molecule has 0 saturated carbocycles. The summed E-state index contributed by atoms with van der Waals surface area (Å²) in [5.74, 6) is 0. The van der Waals surface area contributed by atoms with Crippen LogP contribution < -0.4 is 0 Å². The van der Waals surface area contributed by atoms with E-state index >= 15 is 0 Å². The van der Waals surface area contributed by atoms with Gasteiger partial charge in [-0.25, -0.2) is 0 Å². The molecule has 0 heterocycles. The molecule has 0 aromatic heterocycles. The van der Waals surface area contributed by atoms with Crippen LogP contribution in [-0.4, -0.2) is 52.4 Å². The molecular formula is C24H49NO4P+. The lowest BCUT2D eigenvalue weighted by Gasteiger charge is -2.35. The topological polar surface area (TPSA) is 77.8 Å². The minimum atomic E-state index is -4.55. The van der Waals surface area contributed by atoms with E-state index in [-0.39, 0.29) is 13.0 Å². The van der Waals surface area contributed by atoms with Crippen molar-refractivity contribution in [1.82, 2.24) is 0 Å². The van der Waals surface area contributed by atoms with Gasteiger partial charge in [0.1, 0.15) is 6.54 Å². The average molecular weight is 447 g/mol. The van der Waals surface area contributed by atoms with Crippen LogP contribution in [0.15, 0.2) is 24.3 Å². The fourth-order valence-corrected chi connectivity index (χ4v) is 4.66. The summed E-state index contributed by atoms with van der Waals surface area (Å²) in [6.45, 7) is 2.28. The van der Waals surface area contributed by atoms with Crippen molar-refractivity contribution in [3.8, 4) is 0 Å². The van der Waals surface area contributed by atoms with E-state index in [0.29, 0.717) is 10.9 Å². The largest absolute Gasteiger partial charge is 0.373 e. The fourth-order valence-electron chi connectivity index (χ4n) is 3.60. The van der Waals surface area contributed by atoms with E-state index < -0.39 is 12.9 Å². The highest BCUT2D eigenvalue weighted by Crippen LogP contribution is 2.52. The molecule has 0 fully saturated rings. The Hall–Kier alpha value is -0.450. The zero-order chi connectivity index (χ0) is 22.9. The predicted octanol–water partition coefficient (Wildman–Crippen LogP) is 6.15. The summed E-state index contributed by atoms with van der Waals surface area (Å²) in [4.78, 5) is 19.2. The quantitative estimate of drug-likeness (QED) is 0.0962. The van der Waals surface area contributed by atoms with Gasteiger partial charge in [-0.1, -0.05) is 69.8 Å². The van der Waals surface area contributed by atoms with Crippen molar-refractivity contribution in [2.45, 2.75) is 102 Å². The van der Waals surface area contributed by atoms with Crippen molar-refractivity contribution in [3.05, 3.63) is 24.3 Å². The summed E-state index contributed by atoms with van der Waals surface area (Å²) in [7, 11) is 0.955. The van der Waals surface area contributed by atoms with Crippen molar-refractivity contribution in [1.29, 1.82) is 0 Å². The predicted molar refractivity (Wildman–Crippen MR) is 128 cm³/mol. The smallest absolute Gasteiger partial charge is 0.362 e. The second kappa shape index (κ2) is 16.2. The van der Waals surface area contributed by atoms with Crippen molar-refractivity contribution in [2.75, 3.05) is 27.7 Å². The fraction of sp³-hybridized carbons (Fsp3) is 0.833. The monoisotopic (exact) mass is 446 g/mol. The first-order valence-electron chi connectivity index (χ1n) is 11.9. The van der Waals surface area contributed by atoms with E-state index in [1.165, 1.54) is 44.9 Å². The molecule has 30 heavy (non-hydrogen) atoms. The molecule has 0 radical (unpaired) electrons. The minimum absolute atomic E-state index is 0.0543. The van der Waals surface area contributed by atoms with Crippen molar-refractivity contribution < 1.29 is 23.9 Å². The molecule has 3 N–H and O–H groups in total. The second-order valence-corrected chi connectivity index (χ2v) is 11.6. The van der Waals surface area contributed by atoms with Gasteiger partial charge in [0.25, 0.3) is 0 Å². The van der Waals surface area contributed by atoms with E-state index in [9.17, 15) is 19.5 Å². The third-order valence-corrected chi connectivity index (χ3v) is 6.72. The molecule has 0 rings (SSSR count). The van der Waals surface area contributed by atoms with Gasteiger partial charge in [0.2, 0.25) is 5.34 Å². The van der Waals surface area contributed by atoms with Gasteiger partial charge in [0.05, 0.1) is 21.1 Å². The number of hydrogen-bond acceptors (Lipinski definition) is 2. The van der Waals surface area contributed by atoms with Crippen LogP contribution in [0.25, 0.3) is 0 Å². The maximum atomic E-state index is 11.8. The summed E-state index contributed by atoms with van der Waals surface area (Å²) >= 11 is 0. The highest BCUT2D eigenvalue weighted by atomic mass is 31.2. The standard InChI is InChI=1S/C24H48NO4P/c1-5-6-7-8-9-10-11-12-13-14-15-16-17-18-19-20-21-22-24(26,30(27,28)29)23-25(2,3)4/h8-9,13-14,26H,5-7,10-12,15-23H2,1-4H3,(H-,27,28,29)/p+1/b9-8-,14-13-. The molecule has 178 valence electrons. The van der Waals surface area contributed by atoms with E-state index in [1.807, 2.05) is 21.1 Å². The van der Waals surface area contributed by atoms with Crippen LogP contribution in [0.3, 0.4) is 0 Å². The van der Waals surface area contributed by atoms with Gasteiger partial charge >= 0.3 is 7.60 Å². The third-order valence-electron chi connectivity index (χ3n) is 5.27. The first kappa shape index (κ1) is 29.5. The molecule has 0 aromatic rings. The Kier molecular flexibility index (Phi) is 16.0. The number of likely N-dealkylation sites (N-methyl/N-ethyl adjacent to an activating group) is 1. The maximum absolute atomic E-state index is 11.8. The zero-order valence-corrected chi connectivity index (χ0v) is 21.0. The van der Waals surface area contributed by atoms with Gasteiger partial charge in [0, 0.05) is 0 Å². The molecule has 0 bridgehead atoms. The maximum Gasteiger partial charge on any atom is 0.362 e. The van der Waals surface area contributed by atoms with Crippen LogP contribution in [-0.2, 0) is 4.57 Å². The van der Waals surface area contributed by atoms with Crippen LogP contribution in [0.5, 0.6) is 0 Å². The third kappa shape index (κ3) is 16.3. The van der Waals surface area contributed by atoms with Gasteiger partial charge in [-0.3, -0.25) is 4.57 Å². The van der Waals surface area contributed by atoms with Gasteiger partial charge in [-0.05, 0) is 51.4 Å². The van der Waals surface area contributed by atoms with Crippen LogP contribution in [0.1, 0.15) is 96.8 Å². The zero-order valence-electron chi connectivity index (χ0n) is 20.1. The molecule has 6 heteroatoms. The van der Waals surface area contributed by atoms with Gasteiger partial charge in [0.15, 0.2) is 0 Å². The van der Waals surface area contributed by atoms with Crippen molar-refractivity contribution in [3.63, 3.8) is 0 Å². The lowest BCUT2D eigenvalue weighted by Crippen LogP contribution is -2.49. The summed E-state index contributed by atoms with van der Waals surface area (Å²) in [6, 6.07) is 0. The van der Waals surface area contributed by atoms with E-state index in [0.717, 1.165) is 32.1 Å². The van der Waals surface area contributed by atoms with Gasteiger partial charge in [-0.15, -0.1) is 0 Å². The van der Waals surface area contributed by atoms with E-state index in [2.05, 4.69) is 31.2 Å². The Labute approximate surface area is 186 Å². The van der Waals surface area contributed by atoms with Crippen LogP contribution >= 0.6 is 7.60 Å².